The molecule has 0 heterocycles. The Kier molecular flexibility index (Phi) is 6.10. The van der Waals surface area contributed by atoms with Crippen LogP contribution in [-0.4, -0.2) is 17.7 Å². The fourth-order valence-electron chi connectivity index (χ4n) is 1.84. The second-order valence-corrected chi connectivity index (χ2v) is 5.41. The topological polar surface area (TPSA) is 74.0 Å². The summed E-state index contributed by atoms with van der Waals surface area (Å²) in [4.78, 5) is 15.4. The predicted molar refractivity (Wildman–Crippen MR) is 90.8 cm³/mol. The number of hydrogen-bond donors (Lipinski definition) is 0. The summed E-state index contributed by atoms with van der Waals surface area (Å²) in [5.74, 6) is 0.766. The number of benzene rings is 2. The van der Waals surface area contributed by atoms with Crippen molar-refractivity contribution in [2.24, 2.45) is 5.16 Å². The summed E-state index contributed by atoms with van der Waals surface area (Å²) in [7, 11) is 0. The average molecular weight is 379 g/mol. The fourth-order valence-corrected chi connectivity index (χ4v) is 2.35. The zero-order valence-corrected chi connectivity index (χ0v) is 14.0. The Bertz CT molecular complexity index is 719. The number of non-ortho nitro benzene ring substituents is 1. The van der Waals surface area contributed by atoms with Crippen LogP contribution in [0.1, 0.15) is 18.1 Å². The highest BCUT2D eigenvalue weighted by Crippen LogP contribution is 2.25. The van der Waals surface area contributed by atoms with E-state index in [4.69, 9.17) is 9.57 Å². The van der Waals surface area contributed by atoms with E-state index in [1.807, 2.05) is 25.1 Å². The summed E-state index contributed by atoms with van der Waals surface area (Å²) in [5, 5.41) is 14.6. The molecule has 2 aromatic carbocycles. The minimum absolute atomic E-state index is 0.0329. The Labute approximate surface area is 142 Å². The number of nitro groups is 1. The smallest absolute Gasteiger partial charge is 0.269 e. The van der Waals surface area contributed by atoms with Crippen LogP contribution in [0.4, 0.5) is 5.69 Å². The van der Waals surface area contributed by atoms with Crippen molar-refractivity contribution in [2.75, 3.05) is 6.61 Å². The molecule has 0 saturated heterocycles. The summed E-state index contributed by atoms with van der Waals surface area (Å²) in [6, 6.07) is 11.8. The molecule has 2 rings (SSSR count). The Hall–Kier alpha value is -2.41. The quantitative estimate of drug-likeness (QED) is 0.408. The molecule has 0 aliphatic rings. The van der Waals surface area contributed by atoms with Crippen molar-refractivity contribution >= 4 is 27.8 Å². The zero-order chi connectivity index (χ0) is 16.7. The van der Waals surface area contributed by atoms with Gasteiger partial charge in [0.1, 0.15) is 12.4 Å². The van der Waals surface area contributed by atoms with Crippen LogP contribution in [0, 0.1) is 10.1 Å². The van der Waals surface area contributed by atoms with Gasteiger partial charge in [0.2, 0.25) is 0 Å². The molecule has 0 bridgehead atoms. The molecule has 0 saturated carbocycles. The lowest BCUT2D eigenvalue weighted by molar-refractivity contribution is -0.384. The molecule has 0 aromatic heterocycles. The van der Waals surface area contributed by atoms with Gasteiger partial charge in [-0.1, -0.05) is 17.3 Å². The zero-order valence-electron chi connectivity index (χ0n) is 12.4. The van der Waals surface area contributed by atoms with Crippen LogP contribution in [0.15, 0.2) is 52.1 Å². The number of nitro benzene ring substituents is 1. The molecule has 7 heteroatoms. The fraction of sp³-hybridized carbons (Fsp3) is 0.188. The molecule has 0 fully saturated rings. The van der Waals surface area contributed by atoms with Gasteiger partial charge in [-0.2, -0.15) is 0 Å². The van der Waals surface area contributed by atoms with Gasteiger partial charge in [-0.15, -0.1) is 0 Å². The standard InChI is InChI=1S/C16H15BrN2O4/c1-2-22-16-7-6-12(9-15(16)17)10-18-23-11-13-4-3-5-14(8-13)19(20)21/h3-10H,2,11H2,1H3/b18-10-. The van der Waals surface area contributed by atoms with Gasteiger partial charge in [-0.3, -0.25) is 10.1 Å². The number of halogens is 1. The highest BCUT2D eigenvalue weighted by molar-refractivity contribution is 9.10. The normalized spacial score (nSPS) is 10.7. The Morgan fingerprint density at radius 1 is 1.30 bits per heavy atom. The van der Waals surface area contributed by atoms with Gasteiger partial charge in [-0.05, 0) is 52.2 Å². The van der Waals surface area contributed by atoms with Gasteiger partial charge in [0, 0.05) is 12.1 Å². The Balaban J connectivity index is 1.93. The predicted octanol–water partition coefficient (Wildman–Crippen LogP) is 4.31. The first-order chi connectivity index (χ1) is 11.1. The molecule has 0 unspecified atom stereocenters. The number of hydrogen-bond acceptors (Lipinski definition) is 5. The van der Waals surface area contributed by atoms with E-state index in [0.717, 1.165) is 15.8 Å². The van der Waals surface area contributed by atoms with E-state index in [-0.39, 0.29) is 12.3 Å². The second kappa shape index (κ2) is 8.28. The van der Waals surface area contributed by atoms with Crippen molar-refractivity contribution < 1.29 is 14.5 Å². The SMILES string of the molecule is CCOc1ccc(/C=N\OCc2cccc([N+](=O)[O-])c2)cc1Br. The molecule has 0 aliphatic carbocycles. The maximum Gasteiger partial charge on any atom is 0.269 e. The second-order valence-electron chi connectivity index (χ2n) is 4.56. The third-order valence-corrected chi connectivity index (χ3v) is 3.50. The van der Waals surface area contributed by atoms with Crippen LogP contribution in [-0.2, 0) is 11.4 Å². The van der Waals surface area contributed by atoms with Crippen molar-refractivity contribution in [1.82, 2.24) is 0 Å². The summed E-state index contributed by atoms with van der Waals surface area (Å²) < 4.78 is 6.26. The summed E-state index contributed by atoms with van der Waals surface area (Å²) in [6.45, 7) is 2.68. The van der Waals surface area contributed by atoms with Crippen LogP contribution in [0.25, 0.3) is 0 Å². The van der Waals surface area contributed by atoms with E-state index < -0.39 is 4.92 Å². The van der Waals surface area contributed by atoms with E-state index in [2.05, 4.69) is 21.1 Å². The van der Waals surface area contributed by atoms with Crippen molar-refractivity contribution in [3.8, 4) is 5.75 Å². The first kappa shape index (κ1) is 17.0. The maximum absolute atomic E-state index is 10.7. The minimum Gasteiger partial charge on any atom is -0.493 e. The molecule has 6 nitrogen and oxygen atoms in total. The third-order valence-electron chi connectivity index (χ3n) is 2.88. The molecule has 120 valence electrons. The average Bonchev–Trinajstić information content (AvgIpc) is 2.54. The Morgan fingerprint density at radius 3 is 2.83 bits per heavy atom. The first-order valence-corrected chi connectivity index (χ1v) is 7.70. The van der Waals surface area contributed by atoms with E-state index in [1.54, 1.807) is 18.3 Å². The molecule has 0 radical (unpaired) electrons. The lowest BCUT2D eigenvalue weighted by Gasteiger charge is -2.05. The number of ether oxygens (including phenoxy) is 1. The summed E-state index contributed by atoms with van der Waals surface area (Å²) in [6.07, 6.45) is 1.57. The molecule has 0 amide bonds. The van der Waals surface area contributed by atoms with Gasteiger partial charge in [0.25, 0.3) is 5.69 Å². The van der Waals surface area contributed by atoms with Crippen LogP contribution in [0.5, 0.6) is 5.75 Å². The van der Waals surface area contributed by atoms with Crippen LogP contribution >= 0.6 is 15.9 Å². The van der Waals surface area contributed by atoms with Gasteiger partial charge in [-0.25, -0.2) is 0 Å². The third kappa shape index (κ3) is 5.07. The van der Waals surface area contributed by atoms with E-state index >= 15 is 0 Å². The highest BCUT2D eigenvalue weighted by atomic mass is 79.9. The van der Waals surface area contributed by atoms with E-state index in [1.165, 1.54) is 12.1 Å². The Morgan fingerprint density at radius 2 is 2.13 bits per heavy atom. The minimum atomic E-state index is -0.440. The van der Waals surface area contributed by atoms with Gasteiger partial charge in [0.05, 0.1) is 22.2 Å². The largest absolute Gasteiger partial charge is 0.493 e. The molecule has 0 N–H and O–H groups in total. The van der Waals surface area contributed by atoms with Gasteiger partial charge < -0.3 is 9.57 Å². The lowest BCUT2D eigenvalue weighted by Crippen LogP contribution is -1.94. The van der Waals surface area contributed by atoms with Crippen LogP contribution < -0.4 is 4.74 Å². The lowest BCUT2D eigenvalue weighted by atomic mass is 10.2. The molecule has 0 atom stereocenters. The number of rotatable bonds is 7. The first-order valence-electron chi connectivity index (χ1n) is 6.91. The van der Waals surface area contributed by atoms with E-state index in [0.29, 0.717) is 12.2 Å². The van der Waals surface area contributed by atoms with Gasteiger partial charge >= 0.3 is 0 Å². The van der Waals surface area contributed by atoms with Gasteiger partial charge in [0.15, 0.2) is 0 Å². The molecule has 2 aromatic rings. The molecule has 0 spiro atoms. The van der Waals surface area contributed by atoms with Crippen LogP contribution in [0.3, 0.4) is 0 Å². The highest BCUT2D eigenvalue weighted by Gasteiger charge is 2.05. The van der Waals surface area contributed by atoms with Crippen molar-refractivity contribution in [1.29, 1.82) is 0 Å². The number of oxime groups is 1. The maximum atomic E-state index is 10.7. The molecule has 23 heavy (non-hydrogen) atoms. The van der Waals surface area contributed by atoms with Crippen molar-refractivity contribution in [3.63, 3.8) is 0 Å². The molecule has 0 aliphatic heterocycles. The van der Waals surface area contributed by atoms with Crippen molar-refractivity contribution in [3.05, 3.63) is 68.2 Å². The molecular formula is C16H15BrN2O4. The number of nitrogens with zero attached hydrogens (tertiary/aromatic N) is 2. The summed E-state index contributed by atoms with van der Waals surface area (Å²) >= 11 is 3.42. The summed E-state index contributed by atoms with van der Waals surface area (Å²) in [5.41, 5.74) is 1.56. The van der Waals surface area contributed by atoms with Crippen molar-refractivity contribution in [2.45, 2.75) is 13.5 Å². The van der Waals surface area contributed by atoms with Crippen LogP contribution in [0.2, 0.25) is 0 Å². The molecular weight excluding hydrogens is 364 g/mol. The monoisotopic (exact) mass is 378 g/mol. The van der Waals surface area contributed by atoms with E-state index in [9.17, 15) is 10.1 Å².